The number of ketones is 1. The smallest absolute Gasteiger partial charge is 0.340 e. The molecule has 4 aromatic carbocycles. The summed E-state index contributed by atoms with van der Waals surface area (Å²) in [5.74, 6) is -1.34. The van der Waals surface area contributed by atoms with Crippen molar-refractivity contribution in [2.45, 2.75) is 11.0 Å². The molecule has 0 spiro atoms. The van der Waals surface area contributed by atoms with Gasteiger partial charge in [0.15, 0.2) is 6.10 Å². The van der Waals surface area contributed by atoms with Gasteiger partial charge in [-0.25, -0.2) is 13.2 Å². The van der Waals surface area contributed by atoms with Crippen molar-refractivity contribution in [2.75, 3.05) is 11.4 Å². The molecule has 8 heteroatoms. The lowest BCUT2D eigenvalue weighted by Gasteiger charge is -2.21. The third-order valence-electron chi connectivity index (χ3n) is 5.56. The lowest BCUT2D eigenvalue weighted by Crippen LogP contribution is -2.27. The number of hydrogen-bond acceptors (Lipinski definition) is 5. The van der Waals surface area contributed by atoms with E-state index in [1.807, 2.05) is 0 Å². The number of halogens is 1. The minimum absolute atomic E-state index is 0.000265. The largest absolute Gasteiger partial charge is 0.445 e. The number of carbonyl (C=O) groups is 2. The van der Waals surface area contributed by atoms with Gasteiger partial charge in [-0.05, 0) is 30.3 Å². The van der Waals surface area contributed by atoms with E-state index in [-0.39, 0.29) is 15.5 Å². The van der Waals surface area contributed by atoms with Crippen molar-refractivity contribution in [2.24, 2.45) is 0 Å². The van der Waals surface area contributed by atoms with Gasteiger partial charge in [-0.1, -0.05) is 90.5 Å². The molecule has 1 atom stereocenters. The molecule has 0 aliphatic rings. The van der Waals surface area contributed by atoms with Gasteiger partial charge < -0.3 is 4.74 Å². The number of rotatable bonds is 8. The minimum Gasteiger partial charge on any atom is -0.445 e. The van der Waals surface area contributed by atoms with Crippen molar-refractivity contribution >= 4 is 39.1 Å². The molecule has 0 aromatic heterocycles. The summed E-state index contributed by atoms with van der Waals surface area (Å²) in [6.07, 6.45) is -1.25. The van der Waals surface area contributed by atoms with E-state index in [1.54, 1.807) is 91.0 Å². The maximum Gasteiger partial charge on any atom is 0.340 e. The molecule has 0 N–H and O–H groups in total. The molecule has 1 unspecified atom stereocenters. The summed E-state index contributed by atoms with van der Waals surface area (Å²) in [6.45, 7) is 0. The summed E-state index contributed by atoms with van der Waals surface area (Å²) in [4.78, 5) is 26.4. The Bertz CT molecular complexity index is 1480. The van der Waals surface area contributed by atoms with Gasteiger partial charge in [0.1, 0.15) is 0 Å². The maximum absolute atomic E-state index is 13.3. The molecule has 0 radical (unpaired) electrons. The number of sulfonamides is 1. The topological polar surface area (TPSA) is 80.8 Å². The van der Waals surface area contributed by atoms with Crippen molar-refractivity contribution in [3.63, 3.8) is 0 Å². The summed E-state index contributed by atoms with van der Waals surface area (Å²) < 4.78 is 33.2. The number of ether oxygens (including phenoxy) is 1. The fourth-order valence-electron chi connectivity index (χ4n) is 3.58. The highest BCUT2D eigenvalue weighted by molar-refractivity contribution is 7.92. The van der Waals surface area contributed by atoms with Crippen molar-refractivity contribution in [1.29, 1.82) is 0 Å². The van der Waals surface area contributed by atoms with Crippen molar-refractivity contribution in [3.05, 3.63) is 131 Å². The highest BCUT2D eigenvalue weighted by atomic mass is 35.5. The summed E-state index contributed by atoms with van der Waals surface area (Å²) in [6, 6.07) is 29.4. The molecule has 0 heterocycles. The summed E-state index contributed by atoms with van der Waals surface area (Å²) >= 11 is 6.27. The Hall–Kier alpha value is -3.94. The number of esters is 1. The number of Topliss-reactive ketones (excluding diaryl/α,β-unsaturated/α-hetero) is 1. The molecule has 182 valence electrons. The second kappa shape index (κ2) is 10.8. The van der Waals surface area contributed by atoms with Crippen LogP contribution in [0.15, 0.2) is 114 Å². The first-order valence-electron chi connectivity index (χ1n) is 11.0. The molecule has 6 nitrogen and oxygen atoms in total. The Morgan fingerprint density at radius 1 is 0.806 bits per heavy atom. The van der Waals surface area contributed by atoms with Gasteiger partial charge in [0.25, 0.3) is 10.0 Å². The van der Waals surface area contributed by atoms with Crippen LogP contribution in [0.3, 0.4) is 0 Å². The first-order chi connectivity index (χ1) is 17.3. The standard InChI is InChI=1S/C28H22ClNO5S/c1-30(22-15-9-4-10-16-22)36(33,34)23-17-18-25(29)24(19-23)28(32)35-27(21-13-7-3-8-14-21)26(31)20-11-5-2-6-12-20/h2-19,27H,1H3. The molecule has 36 heavy (non-hydrogen) atoms. The van der Waals surface area contributed by atoms with Crippen LogP contribution in [0.25, 0.3) is 0 Å². The molecule has 0 saturated carbocycles. The second-order valence-corrected chi connectivity index (χ2v) is 10.3. The van der Waals surface area contributed by atoms with Crippen molar-refractivity contribution in [3.8, 4) is 0 Å². The maximum atomic E-state index is 13.3. The zero-order valence-electron chi connectivity index (χ0n) is 19.2. The van der Waals surface area contributed by atoms with Crippen LogP contribution in [-0.4, -0.2) is 27.2 Å². The average Bonchev–Trinajstić information content (AvgIpc) is 2.92. The van der Waals surface area contributed by atoms with Crippen LogP contribution in [0.2, 0.25) is 5.02 Å². The predicted molar refractivity (Wildman–Crippen MR) is 139 cm³/mol. The van der Waals surface area contributed by atoms with Crippen LogP contribution in [0, 0.1) is 0 Å². The number of hydrogen-bond donors (Lipinski definition) is 0. The van der Waals surface area contributed by atoms with Crippen LogP contribution >= 0.6 is 11.6 Å². The highest BCUT2D eigenvalue weighted by Crippen LogP contribution is 2.29. The number of para-hydroxylation sites is 1. The van der Waals surface area contributed by atoms with E-state index in [0.29, 0.717) is 16.8 Å². The monoisotopic (exact) mass is 519 g/mol. The van der Waals surface area contributed by atoms with E-state index >= 15 is 0 Å². The Labute approximate surface area is 214 Å². The van der Waals surface area contributed by atoms with E-state index in [2.05, 4.69) is 0 Å². The van der Waals surface area contributed by atoms with Crippen molar-refractivity contribution in [1.82, 2.24) is 0 Å². The van der Waals surface area contributed by atoms with Crippen LogP contribution in [0.4, 0.5) is 5.69 Å². The predicted octanol–water partition coefficient (Wildman–Crippen LogP) is 5.95. The van der Waals surface area contributed by atoms with E-state index in [9.17, 15) is 18.0 Å². The molecule has 0 bridgehead atoms. The van der Waals surface area contributed by atoms with Crippen LogP contribution < -0.4 is 4.31 Å². The molecule has 0 fully saturated rings. The summed E-state index contributed by atoms with van der Waals surface area (Å²) in [5.41, 5.74) is 1.13. The molecular formula is C28H22ClNO5S. The lowest BCUT2D eigenvalue weighted by molar-refractivity contribution is 0.0280. The summed E-state index contributed by atoms with van der Waals surface area (Å²) in [7, 11) is -2.59. The van der Waals surface area contributed by atoms with Gasteiger partial charge in [-0.15, -0.1) is 0 Å². The van der Waals surface area contributed by atoms with Gasteiger partial charge in [0, 0.05) is 18.2 Å². The number of benzene rings is 4. The van der Waals surface area contributed by atoms with Gasteiger partial charge in [-0.2, -0.15) is 0 Å². The molecule has 0 saturated heterocycles. The Morgan fingerprint density at radius 3 is 1.97 bits per heavy atom. The SMILES string of the molecule is CN(c1ccccc1)S(=O)(=O)c1ccc(Cl)c(C(=O)OC(C(=O)c2ccccc2)c2ccccc2)c1. The Balaban J connectivity index is 1.68. The number of nitrogens with zero attached hydrogens (tertiary/aromatic N) is 1. The highest BCUT2D eigenvalue weighted by Gasteiger charge is 2.29. The van der Waals surface area contributed by atoms with Gasteiger partial charge in [0.05, 0.1) is 21.2 Å². The molecule has 0 aliphatic heterocycles. The summed E-state index contributed by atoms with van der Waals surface area (Å²) in [5, 5.41) is 0.000265. The van der Waals surface area contributed by atoms with E-state index in [1.165, 1.54) is 19.2 Å². The number of anilines is 1. The first-order valence-corrected chi connectivity index (χ1v) is 12.8. The minimum atomic E-state index is -4.00. The Morgan fingerprint density at radius 2 is 1.36 bits per heavy atom. The molecular weight excluding hydrogens is 498 g/mol. The van der Waals surface area contributed by atoms with Crippen LogP contribution in [-0.2, 0) is 14.8 Å². The fourth-order valence-corrected chi connectivity index (χ4v) is 5.00. The Kier molecular flexibility index (Phi) is 7.52. The van der Waals surface area contributed by atoms with Gasteiger partial charge >= 0.3 is 5.97 Å². The normalized spacial score (nSPS) is 11.9. The third-order valence-corrected chi connectivity index (χ3v) is 7.67. The van der Waals surface area contributed by atoms with E-state index < -0.39 is 27.9 Å². The van der Waals surface area contributed by atoms with Crippen LogP contribution in [0.5, 0.6) is 0 Å². The quantitative estimate of drug-likeness (QED) is 0.212. The van der Waals surface area contributed by atoms with Gasteiger partial charge in [0.2, 0.25) is 5.78 Å². The average molecular weight is 520 g/mol. The number of carbonyl (C=O) groups excluding carboxylic acids is 2. The molecule has 4 aromatic rings. The lowest BCUT2D eigenvalue weighted by atomic mass is 10.00. The fraction of sp³-hybridized carbons (Fsp3) is 0.0714. The molecule has 0 amide bonds. The van der Waals surface area contributed by atoms with E-state index in [4.69, 9.17) is 16.3 Å². The second-order valence-electron chi connectivity index (χ2n) is 7.88. The zero-order valence-corrected chi connectivity index (χ0v) is 20.8. The zero-order chi connectivity index (χ0) is 25.7. The first kappa shape index (κ1) is 25.2. The molecule has 4 rings (SSSR count). The van der Waals surface area contributed by atoms with Gasteiger partial charge in [-0.3, -0.25) is 9.10 Å². The van der Waals surface area contributed by atoms with E-state index in [0.717, 1.165) is 10.4 Å². The third kappa shape index (κ3) is 5.32. The van der Waals surface area contributed by atoms with Crippen molar-refractivity contribution < 1.29 is 22.7 Å². The molecule has 0 aliphatic carbocycles. The van der Waals surface area contributed by atoms with Crippen LogP contribution in [0.1, 0.15) is 32.4 Å².